The van der Waals surface area contributed by atoms with Crippen molar-refractivity contribution in [1.82, 2.24) is 20.5 Å². The van der Waals surface area contributed by atoms with Crippen LogP contribution in [0.25, 0.3) is 0 Å². The van der Waals surface area contributed by atoms with Crippen molar-refractivity contribution < 1.29 is 4.74 Å². The van der Waals surface area contributed by atoms with Crippen LogP contribution in [0.2, 0.25) is 0 Å². The van der Waals surface area contributed by atoms with Crippen LogP contribution in [0.15, 0.2) is 11.5 Å². The Bertz CT molecular complexity index is 255. The first-order valence-electron chi connectivity index (χ1n) is 5.63. The molecule has 0 amide bonds. The number of rotatable bonds is 9. The zero-order chi connectivity index (χ0) is 11.6. The number of hydrogen-bond acceptors (Lipinski definition) is 5. The smallest absolute Gasteiger partial charge is 0.183 e. The van der Waals surface area contributed by atoms with E-state index in [1.54, 1.807) is 11.8 Å². The Kier molecular flexibility index (Phi) is 7.20. The molecule has 5 nitrogen and oxygen atoms in total. The van der Waals surface area contributed by atoms with Crippen LogP contribution in [0.3, 0.4) is 0 Å². The molecule has 1 aromatic heterocycles. The van der Waals surface area contributed by atoms with E-state index in [0.29, 0.717) is 5.25 Å². The van der Waals surface area contributed by atoms with Crippen LogP contribution in [0, 0.1) is 0 Å². The summed E-state index contributed by atoms with van der Waals surface area (Å²) >= 11 is 1.70. The maximum absolute atomic E-state index is 5.26. The van der Waals surface area contributed by atoms with Crippen LogP contribution in [0.1, 0.15) is 20.3 Å². The van der Waals surface area contributed by atoms with E-state index in [-0.39, 0.29) is 0 Å². The van der Waals surface area contributed by atoms with Crippen molar-refractivity contribution in [3.8, 4) is 0 Å². The number of H-pyrrole nitrogens is 1. The van der Waals surface area contributed by atoms with Gasteiger partial charge >= 0.3 is 0 Å². The van der Waals surface area contributed by atoms with Crippen molar-refractivity contribution in [3.63, 3.8) is 0 Å². The van der Waals surface area contributed by atoms with E-state index in [0.717, 1.165) is 37.9 Å². The molecule has 0 aliphatic carbocycles. The Hall–Kier alpha value is -0.590. The molecule has 1 heterocycles. The van der Waals surface area contributed by atoms with E-state index in [1.165, 1.54) is 6.33 Å². The van der Waals surface area contributed by atoms with Gasteiger partial charge in [-0.2, -0.15) is 5.10 Å². The zero-order valence-electron chi connectivity index (χ0n) is 9.90. The molecule has 16 heavy (non-hydrogen) atoms. The fraction of sp³-hybridized carbons (Fsp3) is 0.800. The lowest BCUT2D eigenvalue weighted by atomic mass is 10.4. The predicted octanol–water partition coefficient (Wildman–Crippen LogP) is 1.30. The fourth-order valence-electron chi connectivity index (χ4n) is 1.23. The van der Waals surface area contributed by atoms with E-state index < -0.39 is 0 Å². The van der Waals surface area contributed by atoms with Gasteiger partial charge in [-0.25, -0.2) is 4.98 Å². The Morgan fingerprint density at radius 2 is 2.50 bits per heavy atom. The van der Waals surface area contributed by atoms with Crippen LogP contribution in [-0.2, 0) is 4.74 Å². The normalized spacial score (nSPS) is 12.9. The predicted molar refractivity (Wildman–Crippen MR) is 65.7 cm³/mol. The van der Waals surface area contributed by atoms with Gasteiger partial charge in [-0.3, -0.25) is 5.10 Å². The summed E-state index contributed by atoms with van der Waals surface area (Å²) < 4.78 is 5.26. The van der Waals surface area contributed by atoms with Crippen molar-refractivity contribution in [1.29, 1.82) is 0 Å². The second kappa shape index (κ2) is 8.55. The molecular formula is C10H20N4OS. The highest BCUT2D eigenvalue weighted by Crippen LogP contribution is 2.16. The molecule has 0 spiro atoms. The first kappa shape index (κ1) is 13.5. The zero-order valence-corrected chi connectivity index (χ0v) is 10.7. The van der Waals surface area contributed by atoms with Crippen molar-refractivity contribution in [2.24, 2.45) is 0 Å². The van der Waals surface area contributed by atoms with Crippen molar-refractivity contribution in [2.45, 2.75) is 30.7 Å². The molecule has 6 heteroatoms. The summed E-state index contributed by atoms with van der Waals surface area (Å²) in [6.07, 6.45) is 2.60. The van der Waals surface area contributed by atoms with Crippen LogP contribution in [0.5, 0.6) is 0 Å². The second-order valence-corrected chi connectivity index (χ2v) is 4.90. The molecule has 0 radical (unpaired) electrons. The van der Waals surface area contributed by atoms with Crippen LogP contribution < -0.4 is 5.32 Å². The molecule has 1 aromatic rings. The lowest BCUT2D eigenvalue weighted by Gasteiger charge is -2.10. The molecule has 2 N–H and O–H groups in total. The van der Waals surface area contributed by atoms with Gasteiger partial charge in [-0.05, 0) is 19.9 Å². The maximum Gasteiger partial charge on any atom is 0.183 e. The maximum atomic E-state index is 5.26. The summed E-state index contributed by atoms with van der Waals surface area (Å²) in [5.41, 5.74) is 0. The van der Waals surface area contributed by atoms with Crippen molar-refractivity contribution in [2.75, 3.05) is 26.3 Å². The van der Waals surface area contributed by atoms with Gasteiger partial charge in [0, 0.05) is 25.0 Å². The molecule has 0 bridgehead atoms. The van der Waals surface area contributed by atoms with E-state index >= 15 is 0 Å². The van der Waals surface area contributed by atoms with Crippen molar-refractivity contribution >= 4 is 11.8 Å². The topological polar surface area (TPSA) is 62.8 Å². The highest BCUT2D eigenvalue weighted by atomic mass is 32.2. The summed E-state index contributed by atoms with van der Waals surface area (Å²) in [5.74, 6) is 0. The number of aromatic amines is 1. The summed E-state index contributed by atoms with van der Waals surface area (Å²) in [6, 6.07) is 0. The SMILES string of the molecule is CCOCCCNCC(C)Sc1ncn[nH]1. The van der Waals surface area contributed by atoms with Gasteiger partial charge in [0.1, 0.15) is 6.33 Å². The minimum atomic E-state index is 0.486. The molecule has 0 saturated carbocycles. The van der Waals surface area contributed by atoms with Gasteiger partial charge in [0.25, 0.3) is 0 Å². The Balaban J connectivity index is 1.96. The Labute approximate surface area is 101 Å². The number of nitrogens with one attached hydrogen (secondary N) is 2. The molecule has 0 aliphatic rings. The van der Waals surface area contributed by atoms with Crippen LogP contribution >= 0.6 is 11.8 Å². The highest BCUT2D eigenvalue weighted by Gasteiger charge is 2.05. The molecule has 0 saturated heterocycles. The number of nitrogens with zero attached hydrogens (tertiary/aromatic N) is 2. The molecule has 1 atom stereocenters. The lowest BCUT2D eigenvalue weighted by Crippen LogP contribution is -2.24. The van der Waals surface area contributed by atoms with Gasteiger partial charge < -0.3 is 10.1 Å². The van der Waals surface area contributed by atoms with E-state index in [4.69, 9.17) is 4.74 Å². The minimum absolute atomic E-state index is 0.486. The molecule has 0 fully saturated rings. The number of ether oxygens (including phenoxy) is 1. The largest absolute Gasteiger partial charge is 0.382 e. The fourth-order valence-corrected chi connectivity index (χ4v) is 2.03. The Morgan fingerprint density at radius 3 is 3.19 bits per heavy atom. The summed E-state index contributed by atoms with van der Waals surface area (Å²) in [7, 11) is 0. The first-order valence-corrected chi connectivity index (χ1v) is 6.51. The molecule has 0 aliphatic heterocycles. The summed E-state index contributed by atoms with van der Waals surface area (Å²) in [4.78, 5) is 4.07. The lowest BCUT2D eigenvalue weighted by molar-refractivity contribution is 0.145. The van der Waals surface area contributed by atoms with Gasteiger partial charge in [-0.15, -0.1) is 0 Å². The second-order valence-electron chi connectivity index (χ2n) is 3.47. The van der Waals surface area contributed by atoms with Gasteiger partial charge in [0.15, 0.2) is 5.16 Å². The summed E-state index contributed by atoms with van der Waals surface area (Å²) in [6.45, 7) is 7.80. The van der Waals surface area contributed by atoms with E-state index in [1.807, 2.05) is 6.92 Å². The monoisotopic (exact) mass is 244 g/mol. The molecular weight excluding hydrogens is 224 g/mol. The molecule has 1 rings (SSSR count). The van der Waals surface area contributed by atoms with E-state index in [2.05, 4.69) is 27.4 Å². The van der Waals surface area contributed by atoms with Gasteiger partial charge in [0.2, 0.25) is 0 Å². The number of aromatic nitrogens is 3. The quantitative estimate of drug-likeness (QED) is 0.506. The third kappa shape index (κ3) is 6.09. The van der Waals surface area contributed by atoms with Crippen molar-refractivity contribution in [3.05, 3.63) is 6.33 Å². The molecule has 1 unspecified atom stereocenters. The standard InChI is InChI=1S/C10H20N4OS/c1-3-15-6-4-5-11-7-9(2)16-10-12-8-13-14-10/h8-9,11H,3-7H2,1-2H3,(H,12,13,14). The Morgan fingerprint density at radius 1 is 1.62 bits per heavy atom. The summed E-state index contributed by atoms with van der Waals surface area (Å²) in [5, 5.41) is 11.4. The first-order chi connectivity index (χ1) is 7.83. The minimum Gasteiger partial charge on any atom is -0.382 e. The third-order valence-electron chi connectivity index (χ3n) is 1.98. The van der Waals surface area contributed by atoms with Gasteiger partial charge in [0.05, 0.1) is 0 Å². The third-order valence-corrected chi connectivity index (χ3v) is 2.97. The average molecular weight is 244 g/mol. The van der Waals surface area contributed by atoms with Crippen LogP contribution in [0.4, 0.5) is 0 Å². The van der Waals surface area contributed by atoms with Crippen LogP contribution in [-0.4, -0.2) is 46.7 Å². The molecule has 92 valence electrons. The number of hydrogen-bond donors (Lipinski definition) is 2. The highest BCUT2D eigenvalue weighted by molar-refractivity contribution is 7.99. The van der Waals surface area contributed by atoms with Gasteiger partial charge in [-0.1, -0.05) is 18.7 Å². The number of thioether (sulfide) groups is 1. The average Bonchev–Trinajstić information content (AvgIpc) is 2.76. The van der Waals surface area contributed by atoms with E-state index in [9.17, 15) is 0 Å². The molecule has 0 aromatic carbocycles.